The molecule has 1 aliphatic rings. The van der Waals surface area contributed by atoms with Gasteiger partial charge in [0.25, 0.3) is 0 Å². The van der Waals surface area contributed by atoms with E-state index >= 15 is 0 Å². The summed E-state index contributed by atoms with van der Waals surface area (Å²) in [5, 5.41) is 12.4. The molecule has 2 rings (SSSR count). The van der Waals surface area contributed by atoms with E-state index in [0.29, 0.717) is 11.6 Å². The molecule has 17 heavy (non-hydrogen) atoms. The lowest BCUT2D eigenvalue weighted by molar-refractivity contribution is 0.358. The zero-order valence-corrected chi connectivity index (χ0v) is 11.6. The van der Waals surface area contributed by atoms with Crippen LogP contribution in [0.15, 0.2) is 22.7 Å². The van der Waals surface area contributed by atoms with Gasteiger partial charge in [-0.2, -0.15) is 5.26 Å². The summed E-state index contributed by atoms with van der Waals surface area (Å²) in [5.74, 6) is 0.822. The highest BCUT2D eigenvalue weighted by atomic mass is 79.9. The molecule has 2 unspecified atom stereocenters. The lowest BCUT2D eigenvalue weighted by Crippen LogP contribution is -2.26. The molecule has 3 heteroatoms. The van der Waals surface area contributed by atoms with Crippen LogP contribution in [0.2, 0.25) is 0 Å². The molecule has 0 bridgehead atoms. The van der Waals surface area contributed by atoms with E-state index in [4.69, 9.17) is 5.26 Å². The van der Waals surface area contributed by atoms with Crippen LogP contribution in [0.1, 0.15) is 38.2 Å². The molecule has 0 amide bonds. The van der Waals surface area contributed by atoms with E-state index in [9.17, 15) is 0 Å². The van der Waals surface area contributed by atoms with Gasteiger partial charge in [0.1, 0.15) is 6.07 Å². The summed E-state index contributed by atoms with van der Waals surface area (Å²) in [4.78, 5) is 0. The second kappa shape index (κ2) is 5.55. The van der Waals surface area contributed by atoms with Gasteiger partial charge in [-0.25, -0.2) is 0 Å². The second-order valence-electron chi connectivity index (χ2n) is 4.92. The molecule has 1 aromatic carbocycles. The first-order valence-electron chi connectivity index (χ1n) is 6.15. The highest BCUT2D eigenvalue weighted by Crippen LogP contribution is 2.27. The van der Waals surface area contributed by atoms with E-state index in [1.807, 2.05) is 18.2 Å². The Kier molecular flexibility index (Phi) is 4.06. The quantitative estimate of drug-likeness (QED) is 0.882. The average Bonchev–Trinajstić information content (AvgIpc) is 2.29. The number of hydrogen-bond donors (Lipinski definition) is 1. The van der Waals surface area contributed by atoms with Crippen LogP contribution in [0.5, 0.6) is 0 Å². The Morgan fingerprint density at radius 2 is 2.24 bits per heavy atom. The molecule has 2 nitrogen and oxygen atoms in total. The first-order chi connectivity index (χ1) is 8.19. The van der Waals surface area contributed by atoms with Crippen LogP contribution in [0.25, 0.3) is 0 Å². The van der Waals surface area contributed by atoms with Crippen LogP contribution in [0.3, 0.4) is 0 Å². The van der Waals surface area contributed by atoms with E-state index in [-0.39, 0.29) is 0 Å². The first-order valence-corrected chi connectivity index (χ1v) is 6.94. The molecule has 90 valence electrons. The Balaban J connectivity index is 2.04. The molecular weight excluding hydrogens is 276 g/mol. The highest BCUT2D eigenvalue weighted by molar-refractivity contribution is 9.10. The summed E-state index contributed by atoms with van der Waals surface area (Å²) in [5.41, 5.74) is 1.79. The molecule has 0 aliphatic heterocycles. The third-order valence-electron chi connectivity index (χ3n) is 3.40. The van der Waals surface area contributed by atoms with Crippen molar-refractivity contribution < 1.29 is 0 Å². The minimum Gasteiger partial charge on any atom is -0.382 e. The third-order valence-corrected chi connectivity index (χ3v) is 4.05. The van der Waals surface area contributed by atoms with Gasteiger partial charge in [0.15, 0.2) is 0 Å². The summed E-state index contributed by atoms with van der Waals surface area (Å²) in [6.45, 7) is 2.32. The van der Waals surface area contributed by atoms with Crippen LogP contribution in [-0.2, 0) is 0 Å². The molecule has 0 radical (unpaired) electrons. The van der Waals surface area contributed by atoms with Crippen molar-refractivity contribution in [2.75, 3.05) is 5.32 Å². The van der Waals surface area contributed by atoms with Crippen molar-refractivity contribution in [3.05, 3.63) is 28.2 Å². The van der Waals surface area contributed by atoms with Crippen LogP contribution < -0.4 is 5.32 Å². The van der Waals surface area contributed by atoms with Gasteiger partial charge in [0.2, 0.25) is 0 Å². The Labute approximate surface area is 111 Å². The molecule has 2 atom stereocenters. The molecule has 1 fully saturated rings. The van der Waals surface area contributed by atoms with Crippen molar-refractivity contribution in [3.63, 3.8) is 0 Å². The first kappa shape index (κ1) is 12.4. The summed E-state index contributed by atoms with van der Waals surface area (Å²) < 4.78 is 0.869. The Morgan fingerprint density at radius 3 is 2.88 bits per heavy atom. The van der Waals surface area contributed by atoms with Crippen molar-refractivity contribution in [1.29, 1.82) is 5.26 Å². The SMILES string of the molecule is CC1CCCC(Nc2ccc(C#N)c(Br)c2)C1. The van der Waals surface area contributed by atoms with Gasteiger partial charge in [0, 0.05) is 16.2 Å². The highest BCUT2D eigenvalue weighted by Gasteiger charge is 2.18. The zero-order valence-electron chi connectivity index (χ0n) is 10.0. The van der Waals surface area contributed by atoms with Gasteiger partial charge in [-0.3, -0.25) is 0 Å². The van der Waals surface area contributed by atoms with Crippen LogP contribution in [-0.4, -0.2) is 6.04 Å². The van der Waals surface area contributed by atoms with Gasteiger partial charge >= 0.3 is 0 Å². The standard InChI is InChI=1S/C14H17BrN2/c1-10-3-2-4-12(7-10)17-13-6-5-11(9-16)14(15)8-13/h5-6,8,10,12,17H,2-4,7H2,1H3. The van der Waals surface area contributed by atoms with E-state index < -0.39 is 0 Å². The summed E-state index contributed by atoms with van der Waals surface area (Å²) in [6, 6.07) is 8.59. The molecular formula is C14H17BrN2. The monoisotopic (exact) mass is 292 g/mol. The van der Waals surface area contributed by atoms with E-state index in [2.05, 4.69) is 34.2 Å². The normalized spacial score (nSPS) is 24.1. The zero-order chi connectivity index (χ0) is 12.3. The number of benzene rings is 1. The Bertz CT molecular complexity index is 436. The molecule has 0 spiro atoms. The summed E-state index contributed by atoms with van der Waals surface area (Å²) >= 11 is 3.42. The van der Waals surface area contributed by atoms with Crippen molar-refractivity contribution in [2.24, 2.45) is 5.92 Å². The molecule has 1 saturated carbocycles. The number of anilines is 1. The van der Waals surface area contributed by atoms with Crippen molar-refractivity contribution in [3.8, 4) is 6.07 Å². The van der Waals surface area contributed by atoms with Gasteiger partial charge in [0.05, 0.1) is 5.56 Å². The van der Waals surface area contributed by atoms with Crippen LogP contribution in [0.4, 0.5) is 5.69 Å². The number of halogens is 1. The van der Waals surface area contributed by atoms with E-state index in [0.717, 1.165) is 16.1 Å². The van der Waals surface area contributed by atoms with Gasteiger partial charge in [-0.1, -0.05) is 19.8 Å². The average molecular weight is 293 g/mol. The number of hydrogen-bond acceptors (Lipinski definition) is 2. The maximum absolute atomic E-state index is 8.87. The minimum atomic E-state index is 0.582. The largest absolute Gasteiger partial charge is 0.382 e. The molecule has 1 aromatic rings. The second-order valence-corrected chi connectivity index (χ2v) is 5.77. The topological polar surface area (TPSA) is 35.8 Å². The summed E-state index contributed by atoms with van der Waals surface area (Å²) in [7, 11) is 0. The fraction of sp³-hybridized carbons (Fsp3) is 0.500. The third kappa shape index (κ3) is 3.23. The molecule has 0 saturated heterocycles. The predicted octanol–water partition coefficient (Wildman–Crippen LogP) is 4.31. The predicted molar refractivity (Wildman–Crippen MR) is 73.9 cm³/mol. The number of nitrogens with zero attached hydrogens (tertiary/aromatic N) is 1. The van der Waals surface area contributed by atoms with Crippen LogP contribution >= 0.6 is 15.9 Å². The maximum atomic E-state index is 8.87. The van der Waals surface area contributed by atoms with Gasteiger partial charge in [-0.05, 0) is 52.9 Å². The molecule has 1 aliphatic carbocycles. The fourth-order valence-corrected chi connectivity index (χ4v) is 2.96. The Morgan fingerprint density at radius 1 is 1.41 bits per heavy atom. The van der Waals surface area contributed by atoms with Crippen molar-refractivity contribution >= 4 is 21.6 Å². The number of nitrogens with one attached hydrogen (secondary N) is 1. The smallest absolute Gasteiger partial charge is 0.100 e. The van der Waals surface area contributed by atoms with E-state index in [1.165, 1.54) is 25.7 Å². The molecule has 0 heterocycles. The number of rotatable bonds is 2. The lowest BCUT2D eigenvalue weighted by Gasteiger charge is -2.28. The van der Waals surface area contributed by atoms with Crippen LogP contribution in [0, 0.1) is 17.2 Å². The molecule has 1 N–H and O–H groups in total. The van der Waals surface area contributed by atoms with Crippen molar-refractivity contribution in [1.82, 2.24) is 0 Å². The number of nitriles is 1. The van der Waals surface area contributed by atoms with Gasteiger partial charge < -0.3 is 5.32 Å². The molecule has 0 aromatic heterocycles. The van der Waals surface area contributed by atoms with E-state index in [1.54, 1.807) is 0 Å². The minimum absolute atomic E-state index is 0.582. The summed E-state index contributed by atoms with van der Waals surface area (Å²) in [6.07, 6.45) is 5.17. The lowest BCUT2D eigenvalue weighted by atomic mass is 9.87. The van der Waals surface area contributed by atoms with Crippen molar-refractivity contribution in [2.45, 2.75) is 38.6 Å². The maximum Gasteiger partial charge on any atom is 0.100 e. The Hall–Kier alpha value is -1.01. The fourth-order valence-electron chi connectivity index (χ4n) is 2.50. The van der Waals surface area contributed by atoms with Gasteiger partial charge in [-0.15, -0.1) is 0 Å².